The van der Waals surface area contributed by atoms with E-state index in [0.29, 0.717) is 5.92 Å². The molecule has 2 unspecified atom stereocenters. The first-order valence-electron chi connectivity index (χ1n) is 5.41. The summed E-state index contributed by atoms with van der Waals surface area (Å²) in [5.41, 5.74) is 0.628. The average molecular weight is 194 g/mol. The minimum absolute atomic E-state index is 0.485. The summed E-state index contributed by atoms with van der Waals surface area (Å²) in [6, 6.07) is 1.94. The van der Waals surface area contributed by atoms with Crippen molar-refractivity contribution in [2.24, 2.45) is 5.92 Å². The molecule has 1 N–H and O–H groups in total. The predicted octanol–water partition coefficient (Wildman–Crippen LogP) is 2.76. The van der Waals surface area contributed by atoms with Gasteiger partial charge in [-0.05, 0) is 30.4 Å². The van der Waals surface area contributed by atoms with Crippen LogP contribution in [0.3, 0.4) is 0 Å². The molecule has 0 amide bonds. The summed E-state index contributed by atoms with van der Waals surface area (Å²) in [5.74, 6) is 0.653. The average Bonchev–Trinajstić information content (AvgIpc) is 2.55. The fourth-order valence-electron chi connectivity index (χ4n) is 2.57. The fourth-order valence-corrected chi connectivity index (χ4v) is 2.57. The highest BCUT2D eigenvalue weighted by Crippen LogP contribution is 2.34. The van der Waals surface area contributed by atoms with Crippen LogP contribution in [-0.4, -0.2) is 10.7 Å². The molecule has 1 aromatic heterocycles. The van der Waals surface area contributed by atoms with Crippen molar-refractivity contribution >= 4 is 0 Å². The van der Waals surface area contributed by atoms with Crippen molar-refractivity contribution in [3.8, 4) is 0 Å². The zero-order valence-electron chi connectivity index (χ0n) is 8.70. The van der Waals surface area contributed by atoms with Gasteiger partial charge in [-0.15, -0.1) is 0 Å². The van der Waals surface area contributed by atoms with Gasteiger partial charge in [-0.3, -0.25) is 0 Å². The Morgan fingerprint density at radius 2 is 2.50 bits per heavy atom. The molecule has 2 rings (SSSR count). The van der Waals surface area contributed by atoms with Crippen LogP contribution in [0.5, 0.6) is 0 Å². The van der Waals surface area contributed by atoms with Gasteiger partial charge in [0.1, 0.15) is 0 Å². The zero-order chi connectivity index (χ0) is 10.0. The quantitative estimate of drug-likeness (QED) is 0.785. The third-order valence-electron chi connectivity index (χ3n) is 3.18. The maximum absolute atomic E-state index is 10.4. The highest BCUT2D eigenvalue weighted by atomic mass is 16.3. The maximum Gasteiger partial charge on any atom is 0.0935 e. The Morgan fingerprint density at radius 1 is 1.64 bits per heavy atom. The minimum Gasteiger partial charge on any atom is -0.472 e. The second-order valence-electron chi connectivity index (χ2n) is 4.73. The summed E-state index contributed by atoms with van der Waals surface area (Å²) in [7, 11) is 0. The summed E-state index contributed by atoms with van der Waals surface area (Å²) >= 11 is 0. The summed E-state index contributed by atoms with van der Waals surface area (Å²) in [6.45, 7) is 2.22. The van der Waals surface area contributed by atoms with E-state index in [9.17, 15) is 5.11 Å². The molecule has 2 nitrogen and oxygen atoms in total. The Hall–Kier alpha value is -0.760. The van der Waals surface area contributed by atoms with E-state index in [4.69, 9.17) is 4.42 Å². The molecule has 0 aromatic carbocycles. The van der Waals surface area contributed by atoms with E-state index in [2.05, 4.69) is 6.92 Å². The summed E-state index contributed by atoms with van der Waals surface area (Å²) in [4.78, 5) is 0. The number of aliphatic hydroxyl groups is 1. The first kappa shape index (κ1) is 9.78. The van der Waals surface area contributed by atoms with Crippen LogP contribution in [-0.2, 0) is 6.42 Å². The normalized spacial score (nSPS) is 33.1. The van der Waals surface area contributed by atoms with Crippen LogP contribution < -0.4 is 0 Å². The molecule has 1 aliphatic carbocycles. The highest BCUT2D eigenvalue weighted by molar-refractivity contribution is 5.10. The van der Waals surface area contributed by atoms with E-state index in [1.807, 2.05) is 6.07 Å². The molecular formula is C12H18O2. The third-order valence-corrected chi connectivity index (χ3v) is 3.18. The largest absolute Gasteiger partial charge is 0.472 e. The molecule has 0 aliphatic heterocycles. The van der Waals surface area contributed by atoms with Crippen LogP contribution in [0, 0.1) is 5.92 Å². The predicted molar refractivity (Wildman–Crippen MR) is 55.0 cm³/mol. The molecule has 2 heteroatoms. The topological polar surface area (TPSA) is 33.4 Å². The van der Waals surface area contributed by atoms with Crippen LogP contribution in [0.2, 0.25) is 0 Å². The van der Waals surface area contributed by atoms with Crippen molar-refractivity contribution in [1.82, 2.24) is 0 Å². The molecule has 1 aliphatic rings. The van der Waals surface area contributed by atoms with Gasteiger partial charge >= 0.3 is 0 Å². The van der Waals surface area contributed by atoms with Crippen LogP contribution in [0.1, 0.15) is 38.2 Å². The summed E-state index contributed by atoms with van der Waals surface area (Å²) in [6.07, 6.45) is 8.42. The van der Waals surface area contributed by atoms with Gasteiger partial charge in [0, 0.05) is 6.42 Å². The first-order valence-corrected chi connectivity index (χ1v) is 5.41. The van der Waals surface area contributed by atoms with E-state index in [-0.39, 0.29) is 0 Å². The minimum atomic E-state index is -0.485. The Kier molecular flexibility index (Phi) is 2.64. The van der Waals surface area contributed by atoms with Crippen molar-refractivity contribution in [3.05, 3.63) is 24.2 Å². The van der Waals surface area contributed by atoms with Gasteiger partial charge in [-0.25, -0.2) is 0 Å². The Balaban J connectivity index is 2.01. The number of hydrogen-bond donors (Lipinski definition) is 1. The summed E-state index contributed by atoms with van der Waals surface area (Å²) in [5, 5.41) is 10.4. The second kappa shape index (κ2) is 3.77. The van der Waals surface area contributed by atoms with Crippen molar-refractivity contribution in [1.29, 1.82) is 0 Å². The monoisotopic (exact) mass is 194 g/mol. The van der Waals surface area contributed by atoms with Crippen molar-refractivity contribution in [3.63, 3.8) is 0 Å². The van der Waals surface area contributed by atoms with E-state index >= 15 is 0 Å². The van der Waals surface area contributed by atoms with Gasteiger partial charge in [0.15, 0.2) is 0 Å². The Bertz CT molecular complexity index is 279. The molecule has 1 aromatic rings. The molecule has 0 saturated heterocycles. The van der Waals surface area contributed by atoms with Gasteiger partial charge in [0.25, 0.3) is 0 Å². The van der Waals surface area contributed by atoms with Crippen LogP contribution in [0.15, 0.2) is 23.0 Å². The molecule has 78 valence electrons. The number of furan rings is 1. The third kappa shape index (κ3) is 2.18. The standard InChI is InChI=1S/C12H18O2/c1-10-3-2-5-12(13,7-10)8-11-4-6-14-9-11/h4,6,9-10,13H,2-3,5,7-8H2,1H3. The lowest BCUT2D eigenvalue weighted by Gasteiger charge is -2.35. The SMILES string of the molecule is CC1CCCC(O)(Cc2ccoc2)C1. The molecule has 0 bridgehead atoms. The highest BCUT2D eigenvalue weighted by Gasteiger charge is 2.32. The molecule has 0 spiro atoms. The second-order valence-corrected chi connectivity index (χ2v) is 4.73. The first-order chi connectivity index (χ1) is 6.68. The van der Waals surface area contributed by atoms with Crippen LogP contribution in [0.25, 0.3) is 0 Å². The van der Waals surface area contributed by atoms with Gasteiger partial charge in [-0.2, -0.15) is 0 Å². The molecule has 14 heavy (non-hydrogen) atoms. The van der Waals surface area contributed by atoms with Crippen LogP contribution in [0.4, 0.5) is 0 Å². The van der Waals surface area contributed by atoms with Crippen molar-refractivity contribution < 1.29 is 9.52 Å². The lowest BCUT2D eigenvalue weighted by Crippen LogP contribution is -2.36. The lowest BCUT2D eigenvalue weighted by atomic mass is 9.76. The van der Waals surface area contributed by atoms with E-state index in [0.717, 1.165) is 31.2 Å². The molecule has 1 saturated carbocycles. The van der Waals surface area contributed by atoms with E-state index in [1.54, 1.807) is 12.5 Å². The van der Waals surface area contributed by atoms with Crippen molar-refractivity contribution in [2.45, 2.75) is 44.6 Å². The van der Waals surface area contributed by atoms with Crippen LogP contribution >= 0.6 is 0 Å². The number of rotatable bonds is 2. The molecule has 1 heterocycles. The molecule has 0 radical (unpaired) electrons. The van der Waals surface area contributed by atoms with E-state index < -0.39 is 5.60 Å². The lowest BCUT2D eigenvalue weighted by molar-refractivity contribution is -0.0124. The van der Waals surface area contributed by atoms with Gasteiger partial charge < -0.3 is 9.52 Å². The van der Waals surface area contributed by atoms with Crippen molar-refractivity contribution in [2.75, 3.05) is 0 Å². The van der Waals surface area contributed by atoms with Gasteiger partial charge in [0.2, 0.25) is 0 Å². The van der Waals surface area contributed by atoms with E-state index in [1.165, 1.54) is 6.42 Å². The Morgan fingerprint density at radius 3 is 3.14 bits per heavy atom. The summed E-state index contributed by atoms with van der Waals surface area (Å²) < 4.78 is 5.02. The number of hydrogen-bond acceptors (Lipinski definition) is 2. The smallest absolute Gasteiger partial charge is 0.0935 e. The van der Waals surface area contributed by atoms with Gasteiger partial charge in [-0.1, -0.05) is 19.8 Å². The Labute approximate surface area is 84.9 Å². The maximum atomic E-state index is 10.4. The molecular weight excluding hydrogens is 176 g/mol. The molecule has 1 fully saturated rings. The van der Waals surface area contributed by atoms with Gasteiger partial charge in [0.05, 0.1) is 18.1 Å². The zero-order valence-corrected chi connectivity index (χ0v) is 8.70. The molecule has 2 atom stereocenters. The fraction of sp³-hybridized carbons (Fsp3) is 0.667.